The van der Waals surface area contributed by atoms with Crippen LogP contribution in [0.2, 0.25) is 0 Å². The molecular formula is C17H22ClNO4. The zero-order chi connectivity index (χ0) is 17.0. The van der Waals surface area contributed by atoms with E-state index in [-0.39, 0.29) is 18.5 Å². The number of benzene rings is 1. The van der Waals surface area contributed by atoms with E-state index in [9.17, 15) is 9.59 Å². The van der Waals surface area contributed by atoms with Crippen molar-refractivity contribution < 1.29 is 19.1 Å². The van der Waals surface area contributed by atoms with Crippen molar-refractivity contribution in [3.8, 4) is 0 Å². The molecule has 6 heteroatoms. The molecule has 1 unspecified atom stereocenters. The zero-order valence-electron chi connectivity index (χ0n) is 13.6. The van der Waals surface area contributed by atoms with Gasteiger partial charge in [0, 0.05) is 6.54 Å². The van der Waals surface area contributed by atoms with E-state index in [4.69, 9.17) is 21.1 Å². The van der Waals surface area contributed by atoms with Gasteiger partial charge >= 0.3 is 12.1 Å². The van der Waals surface area contributed by atoms with Gasteiger partial charge in [-0.3, -0.25) is 4.90 Å². The summed E-state index contributed by atoms with van der Waals surface area (Å²) in [5.74, 6) is -0.456. The number of carbonyl (C=O) groups excluding carboxylic acids is 2. The van der Waals surface area contributed by atoms with Gasteiger partial charge in [0.05, 0.1) is 5.38 Å². The Morgan fingerprint density at radius 2 is 1.91 bits per heavy atom. The molecule has 0 saturated carbocycles. The number of halogens is 1. The Morgan fingerprint density at radius 1 is 1.26 bits per heavy atom. The number of ether oxygens (including phenoxy) is 2. The SMILES string of the molecule is CC(C)(C)OC(=O)N1CC(Cl)C[C@H]1C(=O)OCc1ccccc1. The number of carbonyl (C=O) groups is 2. The Kier molecular flexibility index (Phi) is 5.52. The van der Waals surface area contributed by atoms with E-state index >= 15 is 0 Å². The lowest BCUT2D eigenvalue weighted by Crippen LogP contribution is -2.44. The highest BCUT2D eigenvalue weighted by Crippen LogP contribution is 2.25. The lowest BCUT2D eigenvalue weighted by molar-refractivity contribution is -0.150. The van der Waals surface area contributed by atoms with Crippen LogP contribution >= 0.6 is 11.6 Å². The van der Waals surface area contributed by atoms with E-state index in [1.165, 1.54) is 4.90 Å². The maximum Gasteiger partial charge on any atom is 0.411 e. The summed E-state index contributed by atoms with van der Waals surface area (Å²) in [6, 6.07) is 8.69. The number of hydrogen-bond donors (Lipinski definition) is 0. The molecule has 126 valence electrons. The second-order valence-electron chi connectivity index (χ2n) is 6.57. The number of nitrogens with zero attached hydrogens (tertiary/aromatic N) is 1. The third-order valence-corrected chi connectivity index (χ3v) is 3.69. The molecule has 1 aliphatic heterocycles. The highest BCUT2D eigenvalue weighted by atomic mass is 35.5. The monoisotopic (exact) mass is 339 g/mol. The number of likely N-dealkylation sites (tertiary alicyclic amines) is 1. The van der Waals surface area contributed by atoms with E-state index in [0.29, 0.717) is 6.42 Å². The largest absolute Gasteiger partial charge is 0.459 e. The molecule has 0 aliphatic carbocycles. The smallest absolute Gasteiger partial charge is 0.411 e. The Balaban J connectivity index is 1.98. The van der Waals surface area contributed by atoms with Crippen molar-refractivity contribution in [3.63, 3.8) is 0 Å². The molecule has 1 aromatic rings. The van der Waals surface area contributed by atoms with Crippen molar-refractivity contribution in [2.24, 2.45) is 0 Å². The van der Waals surface area contributed by atoms with Crippen molar-refractivity contribution in [2.45, 2.75) is 50.8 Å². The molecule has 1 heterocycles. The summed E-state index contributed by atoms with van der Waals surface area (Å²) in [6.45, 7) is 5.79. The zero-order valence-corrected chi connectivity index (χ0v) is 14.4. The van der Waals surface area contributed by atoms with Crippen LogP contribution in [0.4, 0.5) is 4.79 Å². The summed E-state index contributed by atoms with van der Waals surface area (Å²) in [6.07, 6.45) is -0.170. The summed E-state index contributed by atoms with van der Waals surface area (Å²) in [5, 5.41) is -0.281. The molecule has 2 atom stereocenters. The highest BCUT2D eigenvalue weighted by molar-refractivity contribution is 6.21. The number of esters is 1. The van der Waals surface area contributed by atoms with Crippen LogP contribution in [-0.2, 0) is 20.9 Å². The molecule has 1 saturated heterocycles. The summed E-state index contributed by atoms with van der Waals surface area (Å²) in [7, 11) is 0. The van der Waals surface area contributed by atoms with Crippen LogP contribution in [0.1, 0.15) is 32.8 Å². The average Bonchev–Trinajstić information content (AvgIpc) is 2.86. The van der Waals surface area contributed by atoms with Crippen LogP contribution < -0.4 is 0 Å². The number of alkyl halides is 1. The van der Waals surface area contributed by atoms with Crippen molar-refractivity contribution in [3.05, 3.63) is 35.9 Å². The Morgan fingerprint density at radius 3 is 2.52 bits per heavy atom. The number of amides is 1. The van der Waals surface area contributed by atoms with Gasteiger partial charge in [0.2, 0.25) is 0 Å². The normalized spacial score (nSPS) is 21.1. The van der Waals surface area contributed by atoms with Gasteiger partial charge in [-0.15, -0.1) is 11.6 Å². The number of hydrogen-bond acceptors (Lipinski definition) is 4. The van der Waals surface area contributed by atoms with E-state index in [1.54, 1.807) is 20.8 Å². The first-order valence-electron chi connectivity index (χ1n) is 7.60. The fourth-order valence-corrected chi connectivity index (χ4v) is 2.67. The molecule has 0 aromatic heterocycles. The van der Waals surface area contributed by atoms with E-state index < -0.39 is 23.7 Å². The Bertz CT molecular complexity index is 555. The molecule has 1 amide bonds. The quantitative estimate of drug-likeness (QED) is 0.626. The lowest BCUT2D eigenvalue weighted by Gasteiger charge is -2.27. The fourth-order valence-electron chi connectivity index (χ4n) is 2.36. The van der Waals surface area contributed by atoms with E-state index in [0.717, 1.165) is 5.56 Å². The van der Waals surface area contributed by atoms with Gasteiger partial charge in [0.1, 0.15) is 18.2 Å². The lowest BCUT2D eigenvalue weighted by atomic mass is 10.2. The molecule has 1 fully saturated rings. The molecule has 0 spiro atoms. The molecule has 1 aromatic carbocycles. The number of rotatable bonds is 3. The third-order valence-electron chi connectivity index (χ3n) is 3.37. The Hall–Kier alpha value is -1.75. The van der Waals surface area contributed by atoms with Gasteiger partial charge in [0.25, 0.3) is 0 Å². The summed E-state index contributed by atoms with van der Waals surface area (Å²) in [4.78, 5) is 25.9. The predicted molar refractivity (Wildman–Crippen MR) is 87.2 cm³/mol. The van der Waals surface area contributed by atoms with Crippen molar-refractivity contribution >= 4 is 23.7 Å². The van der Waals surface area contributed by atoms with Crippen LogP contribution in [0, 0.1) is 0 Å². The summed E-state index contributed by atoms with van der Waals surface area (Å²) >= 11 is 6.12. The summed E-state index contributed by atoms with van der Waals surface area (Å²) < 4.78 is 10.7. The van der Waals surface area contributed by atoms with Crippen molar-refractivity contribution in [1.82, 2.24) is 4.90 Å². The van der Waals surface area contributed by atoms with Crippen molar-refractivity contribution in [1.29, 1.82) is 0 Å². The van der Waals surface area contributed by atoms with Gasteiger partial charge in [-0.25, -0.2) is 9.59 Å². The van der Waals surface area contributed by atoms with Gasteiger partial charge < -0.3 is 9.47 Å². The van der Waals surface area contributed by atoms with Gasteiger partial charge in [0.15, 0.2) is 0 Å². The first-order chi connectivity index (χ1) is 10.8. The first-order valence-corrected chi connectivity index (χ1v) is 8.04. The van der Waals surface area contributed by atoms with Gasteiger partial charge in [-0.2, -0.15) is 0 Å². The first kappa shape index (κ1) is 17.6. The molecular weight excluding hydrogens is 318 g/mol. The maximum atomic E-state index is 12.3. The van der Waals surface area contributed by atoms with Crippen LogP contribution in [0.3, 0.4) is 0 Å². The second-order valence-corrected chi connectivity index (χ2v) is 7.19. The van der Waals surface area contributed by atoms with Crippen LogP contribution in [0.25, 0.3) is 0 Å². The van der Waals surface area contributed by atoms with Crippen LogP contribution in [0.15, 0.2) is 30.3 Å². The van der Waals surface area contributed by atoms with Crippen LogP contribution in [-0.4, -0.2) is 40.5 Å². The Labute approximate surface area is 141 Å². The minimum atomic E-state index is -0.698. The van der Waals surface area contributed by atoms with Gasteiger partial charge in [-0.1, -0.05) is 30.3 Å². The van der Waals surface area contributed by atoms with Gasteiger partial charge in [-0.05, 0) is 32.8 Å². The second kappa shape index (κ2) is 7.21. The predicted octanol–water partition coefficient (Wildman–Crippen LogP) is 3.35. The molecule has 23 heavy (non-hydrogen) atoms. The minimum Gasteiger partial charge on any atom is -0.459 e. The molecule has 0 N–H and O–H groups in total. The highest BCUT2D eigenvalue weighted by Gasteiger charge is 2.41. The fraction of sp³-hybridized carbons (Fsp3) is 0.529. The molecule has 0 radical (unpaired) electrons. The molecule has 5 nitrogen and oxygen atoms in total. The standard InChI is InChI=1S/C17H22ClNO4/c1-17(2,3)23-16(21)19-10-13(18)9-14(19)15(20)22-11-12-7-5-4-6-8-12/h4-8,13-14H,9-11H2,1-3H3/t13?,14-/m0/s1. The van der Waals surface area contributed by atoms with Crippen LogP contribution in [0.5, 0.6) is 0 Å². The third kappa shape index (κ3) is 5.13. The maximum absolute atomic E-state index is 12.3. The topological polar surface area (TPSA) is 55.8 Å². The molecule has 1 aliphatic rings. The van der Waals surface area contributed by atoms with Crippen molar-refractivity contribution in [2.75, 3.05) is 6.54 Å². The molecule has 2 rings (SSSR count). The summed E-state index contributed by atoms with van der Waals surface area (Å²) in [5.41, 5.74) is 0.269. The average molecular weight is 340 g/mol. The van der Waals surface area contributed by atoms with E-state index in [1.807, 2.05) is 30.3 Å². The van der Waals surface area contributed by atoms with E-state index in [2.05, 4.69) is 0 Å². The molecule has 0 bridgehead atoms. The minimum absolute atomic E-state index is 0.172.